The molecule has 24 heavy (non-hydrogen) atoms. The van der Waals surface area contributed by atoms with Crippen molar-refractivity contribution in [1.82, 2.24) is 15.5 Å². The van der Waals surface area contributed by atoms with E-state index >= 15 is 0 Å². The van der Waals surface area contributed by atoms with Crippen molar-refractivity contribution in [2.75, 3.05) is 6.54 Å². The van der Waals surface area contributed by atoms with Gasteiger partial charge in [-0.3, -0.25) is 4.79 Å². The van der Waals surface area contributed by atoms with E-state index in [1.807, 2.05) is 36.4 Å². The smallest absolute Gasteiger partial charge is 0.318 e. The number of hydrogen-bond donors (Lipinski definition) is 2. The number of hydrogen-bond acceptors (Lipinski definition) is 3. The standard InChI is InChI=1S/C18H19N3O3/c22-17(19-13-15-8-5-11-24-15)16-9-4-10-21(16)18(23)20-12-14-6-2-1-3-7-14/h1-9,11,16H,10,12-13H2,(H,19,22)(H,20,23)/t16-/m0/s1. The summed E-state index contributed by atoms with van der Waals surface area (Å²) in [6.45, 7) is 1.14. The van der Waals surface area contributed by atoms with Crippen molar-refractivity contribution in [2.45, 2.75) is 19.1 Å². The first-order valence-corrected chi connectivity index (χ1v) is 7.79. The number of nitrogens with zero attached hydrogens (tertiary/aromatic N) is 1. The van der Waals surface area contributed by atoms with Gasteiger partial charge in [-0.05, 0) is 17.7 Å². The van der Waals surface area contributed by atoms with Gasteiger partial charge in [-0.15, -0.1) is 0 Å². The van der Waals surface area contributed by atoms with Gasteiger partial charge >= 0.3 is 6.03 Å². The Morgan fingerprint density at radius 3 is 2.67 bits per heavy atom. The summed E-state index contributed by atoms with van der Waals surface area (Å²) in [6.07, 6.45) is 5.11. The molecule has 0 bridgehead atoms. The molecule has 0 fully saturated rings. The number of nitrogens with one attached hydrogen (secondary N) is 2. The Balaban J connectivity index is 1.52. The van der Waals surface area contributed by atoms with Crippen LogP contribution in [0.3, 0.4) is 0 Å². The fourth-order valence-corrected chi connectivity index (χ4v) is 2.53. The molecule has 6 heteroatoms. The van der Waals surface area contributed by atoms with Crippen LogP contribution in [0.2, 0.25) is 0 Å². The van der Waals surface area contributed by atoms with Gasteiger partial charge < -0.3 is 20.0 Å². The molecule has 3 amide bonds. The van der Waals surface area contributed by atoms with Gasteiger partial charge in [0.05, 0.1) is 12.8 Å². The number of carbonyl (C=O) groups is 2. The zero-order valence-corrected chi connectivity index (χ0v) is 13.1. The van der Waals surface area contributed by atoms with E-state index in [1.165, 1.54) is 4.90 Å². The van der Waals surface area contributed by atoms with E-state index in [2.05, 4.69) is 10.6 Å². The predicted molar refractivity (Wildman–Crippen MR) is 88.9 cm³/mol. The van der Waals surface area contributed by atoms with Crippen molar-refractivity contribution in [2.24, 2.45) is 0 Å². The Kier molecular flexibility index (Phi) is 4.96. The Labute approximate surface area is 140 Å². The highest BCUT2D eigenvalue weighted by molar-refractivity contribution is 5.89. The first kappa shape index (κ1) is 15.9. The molecule has 0 radical (unpaired) electrons. The predicted octanol–water partition coefficient (Wildman–Crippen LogP) is 2.05. The highest BCUT2D eigenvalue weighted by atomic mass is 16.3. The molecule has 2 N–H and O–H groups in total. The third-order valence-electron chi connectivity index (χ3n) is 3.79. The number of amides is 3. The van der Waals surface area contributed by atoms with Crippen LogP contribution < -0.4 is 10.6 Å². The van der Waals surface area contributed by atoms with E-state index < -0.39 is 6.04 Å². The zero-order chi connectivity index (χ0) is 16.8. The second kappa shape index (κ2) is 7.50. The molecule has 2 heterocycles. The summed E-state index contributed by atoms with van der Waals surface area (Å²) < 4.78 is 5.18. The normalized spacial score (nSPS) is 16.2. The van der Waals surface area contributed by atoms with E-state index in [1.54, 1.807) is 24.5 Å². The maximum Gasteiger partial charge on any atom is 0.318 e. The van der Waals surface area contributed by atoms with Crippen LogP contribution in [-0.2, 0) is 17.9 Å². The van der Waals surface area contributed by atoms with Crippen LogP contribution in [0.25, 0.3) is 0 Å². The van der Waals surface area contributed by atoms with E-state index in [0.29, 0.717) is 25.4 Å². The van der Waals surface area contributed by atoms with Crippen molar-refractivity contribution < 1.29 is 14.0 Å². The summed E-state index contributed by atoms with van der Waals surface area (Å²) in [6, 6.07) is 12.3. The summed E-state index contributed by atoms with van der Waals surface area (Å²) in [7, 11) is 0. The number of rotatable bonds is 5. The number of furan rings is 1. The minimum Gasteiger partial charge on any atom is -0.467 e. The molecular formula is C18H19N3O3. The minimum absolute atomic E-state index is 0.227. The molecule has 0 aliphatic carbocycles. The van der Waals surface area contributed by atoms with Gasteiger partial charge in [0.2, 0.25) is 5.91 Å². The van der Waals surface area contributed by atoms with E-state index in [-0.39, 0.29) is 11.9 Å². The van der Waals surface area contributed by atoms with Gasteiger partial charge in [-0.2, -0.15) is 0 Å². The first-order valence-electron chi connectivity index (χ1n) is 7.79. The second-order valence-corrected chi connectivity index (χ2v) is 5.47. The van der Waals surface area contributed by atoms with Crippen molar-refractivity contribution in [3.8, 4) is 0 Å². The summed E-state index contributed by atoms with van der Waals surface area (Å²) in [5.41, 5.74) is 1.01. The lowest BCUT2D eigenvalue weighted by molar-refractivity contribution is -0.123. The molecule has 1 aliphatic heterocycles. The Morgan fingerprint density at radius 1 is 1.08 bits per heavy atom. The van der Waals surface area contributed by atoms with Gasteiger partial charge in [0.1, 0.15) is 11.8 Å². The fourth-order valence-electron chi connectivity index (χ4n) is 2.53. The number of benzene rings is 1. The quantitative estimate of drug-likeness (QED) is 0.826. The van der Waals surface area contributed by atoms with Gasteiger partial charge in [-0.1, -0.05) is 42.5 Å². The van der Waals surface area contributed by atoms with Crippen LogP contribution in [0.15, 0.2) is 65.3 Å². The Morgan fingerprint density at radius 2 is 1.92 bits per heavy atom. The molecule has 1 aliphatic rings. The van der Waals surface area contributed by atoms with Gasteiger partial charge in [0.15, 0.2) is 0 Å². The number of urea groups is 1. The average Bonchev–Trinajstić information content (AvgIpc) is 3.30. The molecule has 1 aromatic heterocycles. The maximum atomic E-state index is 12.3. The van der Waals surface area contributed by atoms with Crippen LogP contribution >= 0.6 is 0 Å². The third kappa shape index (κ3) is 3.84. The molecule has 0 unspecified atom stereocenters. The topological polar surface area (TPSA) is 74.6 Å². The highest BCUT2D eigenvalue weighted by Crippen LogP contribution is 2.11. The molecule has 2 aromatic rings. The average molecular weight is 325 g/mol. The molecule has 3 rings (SSSR count). The Bertz CT molecular complexity index is 710. The summed E-state index contributed by atoms with van der Waals surface area (Å²) >= 11 is 0. The summed E-state index contributed by atoms with van der Waals surface area (Å²) in [5.74, 6) is 0.445. The lowest BCUT2D eigenvalue weighted by atomic mass is 10.2. The highest BCUT2D eigenvalue weighted by Gasteiger charge is 2.30. The van der Waals surface area contributed by atoms with Crippen LogP contribution in [0, 0.1) is 0 Å². The van der Waals surface area contributed by atoms with Crippen LogP contribution in [0.5, 0.6) is 0 Å². The van der Waals surface area contributed by atoms with E-state index in [9.17, 15) is 9.59 Å². The van der Waals surface area contributed by atoms with Crippen LogP contribution in [0.1, 0.15) is 11.3 Å². The number of carbonyl (C=O) groups excluding carboxylic acids is 2. The van der Waals surface area contributed by atoms with Crippen LogP contribution in [0.4, 0.5) is 4.79 Å². The Hall–Kier alpha value is -3.02. The van der Waals surface area contributed by atoms with Gasteiger partial charge in [0.25, 0.3) is 0 Å². The molecule has 6 nitrogen and oxygen atoms in total. The first-order chi connectivity index (χ1) is 11.7. The molecule has 1 atom stereocenters. The molecule has 0 saturated carbocycles. The molecule has 0 saturated heterocycles. The van der Waals surface area contributed by atoms with Gasteiger partial charge in [0, 0.05) is 13.1 Å². The molecule has 0 spiro atoms. The second-order valence-electron chi connectivity index (χ2n) is 5.47. The largest absolute Gasteiger partial charge is 0.467 e. The monoisotopic (exact) mass is 325 g/mol. The minimum atomic E-state index is -0.601. The van der Waals surface area contributed by atoms with E-state index in [4.69, 9.17) is 4.42 Å². The van der Waals surface area contributed by atoms with Crippen LogP contribution in [-0.4, -0.2) is 29.4 Å². The maximum absolute atomic E-state index is 12.3. The van der Waals surface area contributed by atoms with Gasteiger partial charge in [-0.25, -0.2) is 4.79 Å². The van der Waals surface area contributed by atoms with Crippen molar-refractivity contribution in [3.05, 3.63) is 72.2 Å². The zero-order valence-electron chi connectivity index (χ0n) is 13.1. The lowest BCUT2D eigenvalue weighted by Gasteiger charge is -2.24. The SMILES string of the molecule is O=C(NCc1ccco1)[C@@H]1C=CCN1C(=O)NCc1ccccc1. The van der Waals surface area contributed by atoms with Crippen molar-refractivity contribution >= 4 is 11.9 Å². The van der Waals surface area contributed by atoms with E-state index in [0.717, 1.165) is 5.56 Å². The summed E-state index contributed by atoms with van der Waals surface area (Å²) in [4.78, 5) is 26.1. The molecule has 124 valence electrons. The fraction of sp³-hybridized carbons (Fsp3) is 0.222. The van der Waals surface area contributed by atoms with Crippen molar-refractivity contribution in [3.63, 3.8) is 0 Å². The van der Waals surface area contributed by atoms with Crippen molar-refractivity contribution in [1.29, 1.82) is 0 Å². The molecule has 1 aromatic carbocycles. The summed E-state index contributed by atoms with van der Waals surface area (Å²) in [5, 5.41) is 5.62. The third-order valence-corrected chi connectivity index (χ3v) is 3.79. The lowest BCUT2D eigenvalue weighted by Crippen LogP contribution is -2.49. The molecular weight excluding hydrogens is 306 g/mol.